The molecule has 0 N–H and O–H groups in total. The minimum absolute atomic E-state index is 0.457. The standard InChI is InChI=1S/C17H19BrN4/c1-10-8-13-15(11(2)14(10)18)20-16(21-17(13)22(3)4)12-6-5-7-19-9-12/h5-7,9-10H,8H2,1-4H3. The van der Waals surface area contributed by atoms with E-state index in [1.54, 1.807) is 12.4 Å². The van der Waals surface area contributed by atoms with Crippen LogP contribution in [0.15, 0.2) is 29.0 Å². The van der Waals surface area contributed by atoms with E-state index in [9.17, 15) is 0 Å². The van der Waals surface area contributed by atoms with Gasteiger partial charge in [-0.25, -0.2) is 9.97 Å². The van der Waals surface area contributed by atoms with E-state index in [0.717, 1.165) is 29.3 Å². The Morgan fingerprint density at radius 2 is 2.05 bits per heavy atom. The normalized spacial score (nSPS) is 17.4. The van der Waals surface area contributed by atoms with Gasteiger partial charge in [-0.15, -0.1) is 0 Å². The van der Waals surface area contributed by atoms with E-state index in [1.807, 2.05) is 26.2 Å². The number of hydrogen-bond acceptors (Lipinski definition) is 4. The van der Waals surface area contributed by atoms with Crippen molar-refractivity contribution in [1.82, 2.24) is 15.0 Å². The van der Waals surface area contributed by atoms with Gasteiger partial charge in [-0.1, -0.05) is 22.9 Å². The molecule has 1 atom stereocenters. The number of halogens is 1. The maximum absolute atomic E-state index is 4.83. The van der Waals surface area contributed by atoms with Crippen molar-refractivity contribution in [3.8, 4) is 11.4 Å². The molecule has 0 aliphatic heterocycles. The molecular formula is C17H19BrN4. The number of anilines is 1. The average Bonchev–Trinajstić information content (AvgIpc) is 2.53. The average molecular weight is 359 g/mol. The Hall–Kier alpha value is -1.75. The van der Waals surface area contributed by atoms with Crippen LogP contribution in [0, 0.1) is 5.92 Å². The summed E-state index contributed by atoms with van der Waals surface area (Å²) in [6.07, 6.45) is 4.52. The summed E-state index contributed by atoms with van der Waals surface area (Å²) >= 11 is 3.72. The van der Waals surface area contributed by atoms with Crippen LogP contribution in [0.3, 0.4) is 0 Å². The van der Waals surface area contributed by atoms with Crippen LogP contribution < -0.4 is 4.90 Å². The zero-order chi connectivity index (χ0) is 15.9. The third kappa shape index (κ3) is 2.54. The van der Waals surface area contributed by atoms with Crippen molar-refractivity contribution >= 4 is 27.3 Å². The molecule has 0 bridgehead atoms. The molecular weight excluding hydrogens is 340 g/mol. The van der Waals surface area contributed by atoms with Crippen LogP contribution in [0.1, 0.15) is 25.1 Å². The molecule has 5 heteroatoms. The summed E-state index contributed by atoms with van der Waals surface area (Å²) in [7, 11) is 4.06. The molecule has 2 aromatic heterocycles. The molecule has 3 rings (SSSR count). The number of fused-ring (bicyclic) bond motifs is 1. The third-order valence-electron chi connectivity index (χ3n) is 3.99. The van der Waals surface area contributed by atoms with Crippen LogP contribution in [0.25, 0.3) is 17.0 Å². The molecule has 1 aliphatic carbocycles. The third-order valence-corrected chi connectivity index (χ3v) is 5.36. The number of pyridine rings is 1. The molecule has 4 nitrogen and oxygen atoms in total. The smallest absolute Gasteiger partial charge is 0.163 e. The Balaban J connectivity index is 2.25. The van der Waals surface area contributed by atoms with Gasteiger partial charge in [0.1, 0.15) is 5.82 Å². The fraction of sp³-hybridized carbons (Fsp3) is 0.353. The lowest BCUT2D eigenvalue weighted by molar-refractivity contribution is 0.694. The second-order valence-electron chi connectivity index (χ2n) is 5.91. The summed E-state index contributed by atoms with van der Waals surface area (Å²) in [4.78, 5) is 15.9. The Kier molecular flexibility index (Phi) is 4.00. The summed E-state index contributed by atoms with van der Waals surface area (Å²) in [5, 5.41) is 0. The second-order valence-corrected chi connectivity index (χ2v) is 6.77. The van der Waals surface area contributed by atoms with Gasteiger partial charge in [0.05, 0.1) is 5.69 Å². The highest BCUT2D eigenvalue weighted by molar-refractivity contribution is 9.11. The topological polar surface area (TPSA) is 41.9 Å². The van der Waals surface area contributed by atoms with E-state index in [4.69, 9.17) is 9.97 Å². The summed E-state index contributed by atoms with van der Waals surface area (Å²) in [6, 6.07) is 3.90. The zero-order valence-electron chi connectivity index (χ0n) is 13.3. The van der Waals surface area contributed by atoms with E-state index in [2.05, 4.69) is 39.7 Å². The lowest BCUT2D eigenvalue weighted by Crippen LogP contribution is -2.20. The Bertz CT molecular complexity index is 738. The summed E-state index contributed by atoms with van der Waals surface area (Å²) < 4.78 is 1.24. The van der Waals surface area contributed by atoms with Crippen LogP contribution in [0.2, 0.25) is 0 Å². The van der Waals surface area contributed by atoms with Crippen LogP contribution in [-0.2, 0) is 6.42 Å². The summed E-state index contributed by atoms with van der Waals surface area (Å²) in [5.74, 6) is 2.18. The van der Waals surface area contributed by atoms with Gasteiger partial charge in [0.25, 0.3) is 0 Å². The van der Waals surface area contributed by atoms with Gasteiger partial charge >= 0.3 is 0 Å². The van der Waals surface area contributed by atoms with E-state index in [0.29, 0.717) is 5.92 Å². The SMILES string of the molecule is CC1=C(Br)C(C)Cc2c1nc(-c1cccnc1)nc2N(C)C. The van der Waals surface area contributed by atoms with Crippen molar-refractivity contribution in [2.45, 2.75) is 20.3 Å². The predicted molar refractivity (Wildman–Crippen MR) is 94.0 cm³/mol. The van der Waals surface area contributed by atoms with Crippen molar-refractivity contribution < 1.29 is 0 Å². The number of allylic oxidation sites excluding steroid dienone is 2. The van der Waals surface area contributed by atoms with Gasteiger partial charge in [-0.3, -0.25) is 4.98 Å². The van der Waals surface area contributed by atoms with Gasteiger partial charge in [0, 0.05) is 42.1 Å². The van der Waals surface area contributed by atoms with E-state index >= 15 is 0 Å². The molecule has 0 spiro atoms. The number of aromatic nitrogens is 3. The molecule has 114 valence electrons. The quantitative estimate of drug-likeness (QED) is 0.815. The fourth-order valence-electron chi connectivity index (χ4n) is 2.84. The molecule has 0 saturated carbocycles. The molecule has 1 aliphatic rings. The first-order chi connectivity index (χ1) is 10.5. The van der Waals surface area contributed by atoms with Gasteiger partial charge < -0.3 is 4.90 Å². The largest absolute Gasteiger partial charge is 0.362 e. The first-order valence-corrected chi connectivity index (χ1v) is 8.13. The van der Waals surface area contributed by atoms with E-state index < -0.39 is 0 Å². The maximum atomic E-state index is 4.83. The molecule has 22 heavy (non-hydrogen) atoms. The minimum atomic E-state index is 0.457. The molecule has 0 saturated heterocycles. The Morgan fingerprint density at radius 3 is 2.68 bits per heavy atom. The van der Waals surface area contributed by atoms with Gasteiger partial charge in [-0.2, -0.15) is 0 Å². The first kappa shape index (κ1) is 15.2. The lowest BCUT2D eigenvalue weighted by Gasteiger charge is -2.27. The fourth-order valence-corrected chi connectivity index (χ4v) is 3.19. The van der Waals surface area contributed by atoms with Crippen LogP contribution in [-0.4, -0.2) is 29.0 Å². The maximum Gasteiger partial charge on any atom is 0.163 e. The molecule has 0 aromatic carbocycles. The highest BCUT2D eigenvalue weighted by atomic mass is 79.9. The predicted octanol–water partition coefficient (Wildman–Crippen LogP) is 3.92. The Morgan fingerprint density at radius 1 is 1.27 bits per heavy atom. The van der Waals surface area contributed by atoms with E-state index in [1.165, 1.54) is 15.6 Å². The van der Waals surface area contributed by atoms with Gasteiger partial charge in [0.2, 0.25) is 0 Å². The van der Waals surface area contributed by atoms with Crippen LogP contribution in [0.4, 0.5) is 5.82 Å². The molecule has 0 amide bonds. The van der Waals surface area contributed by atoms with Crippen molar-refractivity contribution in [3.63, 3.8) is 0 Å². The van der Waals surface area contributed by atoms with Crippen molar-refractivity contribution in [3.05, 3.63) is 40.3 Å². The molecule has 2 aromatic rings. The van der Waals surface area contributed by atoms with Crippen molar-refractivity contribution in [1.29, 1.82) is 0 Å². The van der Waals surface area contributed by atoms with E-state index in [-0.39, 0.29) is 0 Å². The monoisotopic (exact) mass is 358 g/mol. The van der Waals surface area contributed by atoms with Crippen molar-refractivity contribution in [2.24, 2.45) is 5.92 Å². The highest BCUT2D eigenvalue weighted by Crippen LogP contribution is 2.40. The lowest BCUT2D eigenvalue weighted by atomic mass is 9.89. The highest BCUT2D eigenvalue weighted by Gasteiger charge is 2.26. The number of rotatable bonds is 2. The second kappa shape index (κ2) is 5.80. The van der Waals surface area contributed by atoms with Crippen molar-refractivity contribution in [2.75, 3.05) is 19.0 Å². The zero-order valence-corrected chi connectivity index (χ0v) is 14.8. The van der Waals surface area contributed by atoms with Crippen LogP contribution in [0.5, 0.6) is 0 Å². The minimum Gasteiger partial charge on any atom is -0.362 e. The molecule has 1 unspecified atom stereocenters. The van der Waals surface area contributed by atoms with Gasteiger partial charge in [-0.05, 0) is 37.0 Å². The summed E-state index contributed by atoms with van der Waals surface area (Å²) in [5.41, 5.74) is 4.41. The first-order valence-electron chi connectivity index (χ1n) is 7.34. The molecule has 0 fully saturated rings. The number of hydrogen-bond donors (Lipinski definition) is 0. The number of nitrogens with zero attached hydrogens (tertiary/aromatic N) is 4. The molecule has 2 heterocycles. The summed E-state index contributed by atoms with van der Waals surface area (Å²) in [6.45, 7) is 4.35. The molecule has 0 radical (unpaired) electrons. The Labute approximate surface area is 139 Å². The van der Waals surface area contributed by atoms with Crippen LogP contribution >= 0.6 is 15.9 Å². The van der Waals surface area contributed by atoms with Gasteiger partial charge in [0.15, 0.2) is 5.82 Å².